The van der Waals surface area contributed by atoms with E-state index in [-0.39, 0.29) is 0 Å². The summed E-state index contributed by atoms with van der Waals surface area (Å²) in [6.45, 7) is 0. The highest BCUT2D eigenvalue weighted by Gasteiger charge is 2.20. The van der Waals surface area contributed by atoms with Gasteiger partial charge in [-0.15, -0.1) is 0 Å². The van der Waals surface area contributed by atoms with Gasteiger partial charge < -0.3 is 0 Å². The van der Waals surface area contributed by atoms with Gasteiger partial charge in [-0.2, -0.15) is 0 Å². The van der Waals surface area contributed by atoms with E-state index in [1.54, 1.807) is 0 Å². The molecule has 1 atom stereocenters. The van der Waals surface area contributed by atoms with Crippen molar-refractivity contribution in [2.45, 2.75) is 12.6 Å². The number of halogens is 1. The Kier molecular flexibility index (Phi) is 2.52. The molecule has 1 aliphatic carbocycles. The van der Waals surface area contributed by atoms with Crippen LogP contribution in [-0.2, 0) is 0 Å². The lowest BCUT2D eigenvalue weighted by atomic mass is 9.86. The quantitative estimate of drug-likeness (QED) is 0.667. The van der Waals surface area contributed by atoms with Gasteiger partial charge in [0.2, 0.25) is 0 Å². The molecule has 0 aliphatic heterocycles. The van der Waals surface area contributed by atoms with Gasteiger partial charge in [-0.3, -0.25) is 0 Å². The molecule has 0 aromatic heterocycles. The number of hydrogen-bond donors (Lipinski definition) is 0. The zero-order chi connectivity index (χ0) is 11.7. The van der Waals surface area contributed by atoms with E-state index >= 15 is 0 Å². The zero-order valence-corrected chi connectivity index (χ0v) is 9.44. The van der Waals surface area contributed by atoms with E-state index in [0.29, 0.717) is 6.42 Å². The maximum Gasteiger partial charge on any atom is 0.129 e. The van der Waals surface area contributed by atoms with E-state index in [4.69, 9.17) is 0 Å². The summed E-state index contributed by atoms with van der Waals surface area (Å²) in [5, 5.41) is 0. The lowest BCUT2D eigenvalue weighted by molar-refractivity contribution is 0.344. The topological polar surface area (TPSA) is 0 Å². The monoisotopic (exact) mass is 224 g/mol. The van der Waals surface area contributed by atoms with Gasteiger partial charge in [-0.25, -0.2) is 4.39 Å². The van der Waals surface area contributed by atoms with Crippen molar-refractivity contribution < 1.29 is 4.39 Å². The average Bonchev–Trinajstić information content (AvgIpc) is 2.41. The predicted octanol–water partition coefficient (Wildman–Crippen LogP) is 4.53. The molecule has 0 saturated carbocycles. The molecular formula is C16H13F. The number of hydrogen-bond acceptors (Lipinski definition) is 0. The van der Waals surface area contributed by atoms with Gasteiger partial charge in [-0.1, -0.05) is 60.7 Å². The van der Waals surface area contributed by atoms with Crippen molar-refractivity contribution in [1.82, 2.24) is 0 Å². The second kappa shape index (κ2) is 4.17. The molecule has 2 aromatic rings. The van der Waals surface area contributed by atoms with Crippen molar-refractivity contribution in [3.63, 3.8) is 0 Å². The smallest absolute Gasteiger partial charge is 0.129 e. The van der Waals surface area contributed by atoms with E-state index in [1.165, 1.54) is 0 Å². The lowest BCUT2D eigenvalue weighted by Gasteiger charge is -2.20. The summed E-state index contributed by atoms with van der Waals surface area (Å²) >= 11 is 0. The second-order valence-corrected chi connectivity index (χ2v) is 4.27. The molecule has 84 valence electrons. The van der Waals surface area contributed by atoms with Crippen LogP contribution in [0.3, 0.4) is 0 Å². The highest BCUT2D eigenvalue weighted by atomic mass is 19.1. The Morgan fingerprint density at radius 3 is 2.41 bits per heavy atom. The molecule has 0 radical (unpaired) electrons. The number of rotatable bonds is 1. The summed E-state index contributed by atoms with van der Waals surface area (Å²) in [4.78, 5) is 0. The van der Waals surface area contributed by atoms with E-state index in [1.807, 2.05) is 48.5 Å². The van der Waals surface area contributed by atoms with Crippen LogP contribution in [-0.4, -0.2) is 0 Å². The highest BCUT2D eigenvalue weighted by Crippen LogP contribution is 2.37. The Labute approximate surface area is 100 Å². The highest BCUT2D eigenvalue weighted by molar-refractivity contribution is 5.82. The van der Waals surface area contributed by atoms with Crippen molar-refractivity contribution in [2.75, 3.05) is 0 Å². The van der Waals surface area contributed by atoms with Crippen molar-refractivity contribution in [1.29, 1.82) is 0 Å². The molecule has 1 unspecified atom stereocenters. The minimum atomic E-state index is -0.862. The molecular weight excluding hydrogens is 211 g/mol. The Balaban J connectivity index is 2.14. The Hall–Kier alpha value is -1.89. The van der Waals surface area contributed by atoms with Crippen LogP contribution in [0.4, 0.5) is 4.39 Å². The van der Waals surface area contributed by atoms with E-state index in [9.17, 15) is 4.39 Å². The van der Waals surface area contributed by atoms with Crippen molar-refractivity contribution >= 4 is 5.57 Å². The van der Waals surface area contributed by atoms with Crippen LogP contribution in [0.5, 0.6) is 0 Å². The fourth-order valence-corrected chi connectivity index (χ4v) is 2.36. The zero-order valence-electron chi connectivity index (χ0n) is 9.44. The molecule has 0 saturated heterocycles. The summed E-state index contributed by atoms with van der Waals surface area (Å²) in [6.07, 6.45) is 1.61. The SMILES string of the molecule is FC1CC=C(c2ccccc2)c2ccccc21. The van der Waals surface area contributed by atoms with Crippen molar-refractivity contribution in [2.24, 2.45) is 0 Å². The summed E-state index contributed by atoms with van der Waals surface area (Å²) < 4.78 is 13.8. The van der Waals surface area contributed by atoms with Crippen LogP contribution in [0.15, 0.2) is 60.7 Å². The summed E-state index contributed by atoms with van der Waals surface area (Å²) in [7, 11) is 0. The average molecular weight is 224 g/mol. The van der Waals surface area contributed by atoms with Gasteiger partial charge in [0.15, 0.2) is 0 Å². The maximum absolute atomic E-state index is 13.8. The van der Waals surface area contributed by atoms with Gasteiger partial charge >= 0.3 is 0 Å². The molecule has 0 amide bonds. The number of fused-ring (bicyclic) bond motifs is 1. The summed E-state index contributed by atoms with van der Waals surface area (Å²) in [6, 6.07) is 17.9. The molecule has 17 heavy (non-hydrogen) atoms. The summed E-state index contributed by atoms with van der Waals surface area (Å²) in [5.74, 6) is 0. The summed E-state index contributed by atoms with van der Waals surface area (Å²) in [5.41, 5.74) is 4.15. The Morgan fingerprint density at radius 2 is 1.59 bits per heavy atom. The normalized spacial score (nSPS) is 18.4. The van der Waals surface area contributed by atoms with E-state index < -0.39 is 6.17 Å². The standard InChI is InChI=1S/C16H13F/c17-16-11-10-13(12-6-2-1-3-7-12)14-8-4-5-9-15(14)16/h1-10,16H,11H2. The Morgan fingerprint density at radius 1 is 0.882 bits per heavy atom. The molecule has 0 nitrogen and oxygen atoms in total. The second-order valence-electron chi connectivity index (χ2n) is 4.27. The molecule has 1 aliphatic rings. The molecule has 0 heterocycles. The van der Waals surface area contributed by atoms with Crippen LogP contribution < -0.4 is 0 Å². The number of benzene rings is 2. The molecule has 0 fully saturated rings. The van der Waals surface area contributed by atoms with Crippen molar-refractivity contribution in [3.8, 4) is 0 Å². The maximum atomic E-state index is 13.8. The van der Waals surface area contributed by atoms with Gasteiger partial charge in [0.25, 0.3) is 0 Å². The molecule has 1 heteroatoms. The van der Waals surface area contributed by atoms with E-state index in [0.717, 1.165) is 22.3 Å². The molecule has 0 N–H and O–H groups in total. The fraction of sp³-hybridized carbons (Fsp3) is 0.125. The molecule has 3 rings (SSSR count). The van der Waals surface area contributed by atoms with Crippen LogP contribution in [0.2, 0.25) is 0 Å². The van der Waals surface area contributed by atoms with E-state index in [2.05, 4.69) is 12.1 Å². The van der Waals surface area contributed by atoms with Crippen molar-refractivity contribution in [3.05, 3.63) is 77.4 Å². The van der Waals surface area contributed by atoms with Gasteiger partial charge in [0.1, 0.15) is 6.17 Å². The predicted molar refractivity (Wildman–Crippen MR) is 68.4 cm³/mol. The third-order valence-electron chi connectivity index (χ3n) is 3.20. The largest absolute Gasteiger partial charge is 0.242 e. The lowest BCUT2D eigenvalue weighted by Crippen LogP contribution is -2.03. The van der Waals surface area contributed by atoms with Crippen LogP contribution >= 0.6 is 0 Å². The number of allylic oxidation sites excluding steroid dienone is 1. The van der Waals surface area contributed by atoms with Crippen LogP contribution in [0.1, 0.15) is 29.3 Å². The third kappa shape index (κ3) is 1.78. The van der Waals surface area contributed by atoms with Crippen LogP contribution in [0, 0.1) is 0 Å². The number of alkyl halides is 1. The van der Waals surface area contributed by atoms with Crippen LogP contribution in [0.25, 0.3) is 5.57 Å². The minimum Gasteiger partial charge on any atom is -0.242 e. The first-order chi connectivity index (χ1) is 8.36. The first kappa shape index (κ1) is 10.3. The molecule has 0 bridgehead atoms. The first-order valence-electron chi connectivity index (χ1n) is 5.85. The Bertz CT molecular complexity index is 555. The third-order valence-corrected chi connectivity index (χ3v) is 3.20. The van der Waals surface area contributed by atoms with Gasteiger partial charge in [-0.05, 0) is 22.3 Å². The van der Waals surface area contributed by atoms with Gasteiger partial charge in [0, 0.05) is 6.42 Å². The molecule has 2 aromatic carbocycles. The molecule has 0 spiro atoms. The first-order valence-corrected chi connectivity index (χ1v) is 5.85. The van der Waals surface area contributed by atoms with Gasteiger partial charge in [0.05, 0.1) is 0 Å². The minimum absolute atomic E-state index is 0.473. The fourth-order valence-electron chi connectivity index (χ4n) is 2.36.